The van der Waals surface area contributed by atoms with Crippen molar-refractivity contribution in [3.8, 4) is 0 Å². The number of nitrogens with two attached hydrogens (primary N) is 7. The first-order chi connectivity index (χ1) is 37.8. The van der Waals surface area contributed by atoms with E-state index < -0.39 is 125 Å². The molecule has 10 atom stereocenters. The van der Waals surface area contributed by atoms with Crippen molar-refractivity contribution in [1.29, 1.82) is 0 Å². The Bertz CT molecular complexity index is 2280. The number of imidazole rings is 1. The van der Waals surface area contributed by atoms with Crippen LogP contribution in [0.2, 0.25) is 0 Å². The normalized spacial score (nSPS) is 15.1. The number of H-pyrrole nitrogens is 1. The summed E-state index contributed by atoms with van der Waals surface area (Å²) in [6.45, 7) is 18.2. The minimum absolute atomic E-state index is 0.0185. The van der Waals surface area contributed by atoms with Gasteiger partial charge in [-0.05, 0) is 81.0 Å². The largest absolute Gasteiger partial charge is 0.370 e. The topological polar surface area (TPSA) is 502 Å². The third-order valence-corrected chi connectivity index (χ3v) is 12.8. The van der Waals surface area contributed by atoms with Gasteiger partial charge in [0, 0.05) is 37.8 Å². The smallest absolute Gasteiger partial charge is 0.243 e. The average Bonchev–Trinajstić information content (AvgIpc) is 3.90. The molecule has 1 aromatic rings. The number of rotatable bonds is 38. The molecule has 2 unspecified atom stereocenters. The van der Waals surface area contributed by atoms with Crippen LogP contribution in [0.4, 0.5) is 0 Å². The van der Waals surface area contributed by atoms with Crippen molar-refractivity contribution < 1.29 is 47.9 Å². The predicted molar refractivity (Wildman–Crippen MR) is 306 cm³/mol. The van der Waals surface area contributed by atoms with Gasteiger partial charge in [-0.1, -0.05) is 75.7 Å². The fraction of sp³-hybridized carbons (Fsp3) is 0.712. The lowest BCUT2D eigenvalue weighted by atomic mass is 9.87. The van der Waals surface area contributed by atoms with E-state index in [1.54, 1.807) is 27.7 Å². The first kappa shape index (κ1) is 71.4. The first-order valence-electron chi connectivity index (χ1n) is 27.6. The number of aromatic nitrogens is 2. The van der Waals surface area contributed by atoms with Gasteiger partial charge in [0.05, 0.1) is 12.4 Å². The van der Waals surface area contributed by atoms with E-state index in [2.05, 4.69) is 62.5 Å². The summed E-state index contributed by atoms with van der Waals surface area (Å²) in [5.74, 6) is -8.64. The van der Waals surface area contributed by atoms with E-state index in [1.165, 1.54) is 12.5 Å². The molecule has 0 radical (unpaired) electrons. The number of carbonyl (C=O) groups excluding carboxylic acids is 10. The summed E-state index contributed by atoms with van der Waals surface area (Å²) in [6.07, 6.45) is 3.83. The van der Waals surface area contributed by atoms with Crippen molar-refractivity contribution in [2.45, 2.75) is 201 Å². The highest BCUT2D eigenvalue weighted by Crippen LogP contribution is 2.22. The average molecular weight is 1150 g/mol. The highest BCUT2D eigenvalue weighted by molar-refractivity contribution is 5.98. The van der Waals surface area contributed by atoms with Crippen LogP contribution in [0, 0.1) is 23.2 Å². The van der Waals surface area contributed by atoms with E-state index in [1.807, 2.05) is 41.5 Å². The van der Waals surface area contributed by atoms with E-state index in [-0.39, 0.29) is 101 Å². The fourth-order valence-electron chi connectivity index (χ4n) is 8.26. The number of hydrogen-bond acceptors (Lipinski definition) is 14. The number of guanidine groups is 2. The zero-order valence-electron chi connectivity index (χ0n) is 48.9. The molecule has 0 aliphatic heterocycles. The van der Waals surface area contributed by atoms with Crippen molar-refractivity contribution in [2.75, 3.05) is 13.1 Å². The van der Waals surface area contributed by atoms with Gasteiger partial charge in [-0.2, -0.15) is 0 Å². The van der Waals surface area contributed by atoms with Crippen molar-refractivity contribution in [3.63, 3.8) is 0 Å². The second-order valence-corrected chi connectivity index (χ2v) is 22.4. The third kappa shape index (κ3) is 28.9. The Morgan fingerprint density at radius 3 is 1.46 bits per heavy atom. The van der Waals surface area contributed by atoms with Crippen molar-refractivity contribution in [1.82, 2.24) is 52.5 Å². The van der Waals surface area contributed by atoms with Gasteiger partial charge in [-0.15, -0.1) is 0 Å². The molecule has 1 aromatic heterocycles. The molecular weight excluding hydrogens is 1050 g/mol. The molecule has 0 fully saturated rings. The van der Waals surface area contributed by atoms with E-state index >= 15 is 0 Å². The summed E-state index contributed by atoms with van der Waals surface area (Å²) in [7, 11) is 0. The number of amides is 10. The number of nitrogens with zero attached hydrogens (tertiary/aromatic N) is 3. The molecule has 29 nitrogen and oxygen atoms in total. The highest BCUT2D eigenvalue weighted by Gasteiger charge is 2.37. The zero-order chi connectivity index (χ0) is 61.7. The van der Waals surface area contributed by atoms with E-state index in [9.17, 15) is 47.9 Å². The monoisotopic (exact) mass is 1150 g/mol. The number of nitrogens with one attached hydrogen (secondary N) is 9. The summed E-state index contributed by atoms with van der Waals surface area (Å²) in [4.78, 5) is 151. The molecule has 10 amide bonds. The van der Waals surface area contributed by atoms with Gasteiger partial charge in [0.2, 0.25) is 59.1 Å². The van der Waals surface area contributed by atoms with Gasteiger partial charge >= 0.3 is 0 Å². The number of primary amides is 2. The van der Waals surface area contributed by atoms with E-state index in [4.69, 9.17) is 40.1 Å². The minimum Gasteiger partial charge on any atom is -0.370 e. The first-order valence-corrected chi connectivity index (χ1v) is 27.6. The molecule has 0 aromatic carbocycles. The Morgan fingerprint density at radius 1 is 0.543 bits per heavy atom. The maximum Gasteiger partial charge on any atom is 0.243 e. The summed E-state index contributed by atoms with van der Waals surface area (Å²) >= 11 is 0. The van der Waals surface area contributed by atoms with E-state index in [0.717, 1.165) is 0 Å². The number of hydrogen-bond donors (Lipinski definition) is 16. The van der Waals surface area contributed by atoms with Gasteiger partial charge in [-0.3, -0.25) is 57.9 Å². The lowest BCUT2D eigenvalue weighted by Gasteiger charge is -2.31. The number of carbonyl (C=O) groups is 10. The molecule has 81 heavy (non-hydrogen) atoms. The Balaban J connectivity index is 3.51. The molecule has 0 aliphatic carbocycles. The Hall–Kier alpha value is -7.59. The molecule has 0 spiro atoms. The molecule has 0 saturated heterocycles. The Kier molecular flexibility index (Phi) is 31.7. The standard InChI is InChI=1S/C52H95N19O10/c1-11-29(7)40(71-47(79)37(23-30-25-60-26-63-30)67-42(74)31(53)15-13-19-61-50(56)57)49(81)69-36(22-28(5)6)45(77)64-32(12-2)43(75)66-34(16-14-20-62-51(58)59)44(76)70-38(24-52(8,9)10)48(80)68-35(21-27(3)4)46(78)65-33(41(55)73)17-18-39(54)72/h25-29,31-38,40H,11-24,53H2,1-10H3,(H2,54,72)(H2,55,73)(H,60,63)(H,64,77)(H,65,78)(H,66,75)(H,67,74)(H,68,80)(H,69,81)(H,70,76)(H,71,79)(H4,56,57,61)(H4,58,59,62)/t29-,31-,32?,33-,34-,35-,36-,37-,38?,40-/m0/s1. The number of aliphatic imine (C=N–C) groups is 2. The zero-order valence-corrected chi connectivity index (χ0v) is 48.9. The Morgan fingerprint density at radius 2 is 0.988 bits per heavy atom. The quantitative estimate of drug-likeness (QED) is 0.0178. The van der Waals surface area contributed by atoms with E-state index in [0.29, 0.717) is 18.5 Å². The predicted octanol–water partition coefficient (Wildman–Crippen LogP) is -3.00. The molecule has 1 heterocycles. The Labute approximate surface area is 475 Å². The van der Waals surface area contributed by atoms with Crippen molar-refractivity contribution >= 4 is 71.0 Å². The van der Waals surface area contributed by atoms with Crippen LogP contribution in [0.5, 0.6) is 0 Å². The van der Waals surface area contributed by atoms with Crippen LogP contribution in [0.25, 0.3) is 0 Å². The molecule has 1 rings (SSSR count). The molecule has 0 bridgehead atoms. The lowest BCUT2D eigenvalue weighted by molar-refractivity contribution is -0.136. The van der Waals surface area contributed by atoms with Gasteiger partial charge in [0.1, 0.15) is 48.3 Å². The van der Waals surface area contributed by atoms with Gasteiger partial charge in [-0.25, -0.2) is 4.98 Å². The maximum absolute atomic E-state index is 14.4. The van der Waals surface area contributed by atoms with Crippen LogP contribution in [-0.4, -0.2) is 148 Å². The van der Waals surface area contributed by atoms with Crippen LogP contribution in [0.15, 0.2) is 22.5 Å². The molecule has 0 aliphatic rings. The minimum atomic E-state index is -1.33. The molecule has 0 saturated carbocycles. The fourth-order valence-corrected chi connectivity index (χ4v) is 8.26. The van der Waals surface area contributed by atoms with Crippen LogP contribution in [0.1, 0.15) is 146 Å². The van der Waals surface area contributed by atoms with Crippen molar-refractivity contribution in [2.24, 2.45) is 73.3 Å². The third-order valence-electron chi connectivity index (χ3n) is 12.8. The summed E-state index contributed by atoms with van der Waals surface area (Å²) in [5, 5.41) is 21.6. The second-order valence-electron chi connectivity index (χ2n) is 22.4. The van der Waals surface area contributed by atoms with Gasteiger partial charge in [0.25, 0.3) is 0 Å². The van der Waals surface area contributed by atoms with Crippen LogP contribution in [0.3, 0.4) is 0 Å². The van der Waals surface area contributed by atoms with Crippen molar-refractivity contribution in [3.05, 3.63) is 18.2 Å². The molecule has 458 valence electrons. The lowest BCUT2D eigenvalue weighted by Crippen LogP contribution is -2.61. The number of aromatic amines is 1. The van der Waals surface area contributed by atoms with Gasteiger partial charge in [0.15, 0.2) is 11.9 Å². The van der Waals surface area contributed by atoms with Crippen LogP contribution < -0.4 is 82.7 Å². The second kappa shape index (κ2) is 35.9. The van der Waals surface area contributed by atoms with Crippen LogP contribution >= 0.6 is 0 Å². The summed E-state index contributed by atoms with van der Waals surface area (Å²) in [6, 6.07) is -11.0. The SMILES string of the molecule is CCC(NC(=O)[C@H](CC(C)C)NC(=O)[C@@H](NC(=O)[C@H](Cc1cnc[nH]1)NC(=O)[C@@H](N)CCCN=C(N)N)[C@@H](C)CC)C(=O)N[C@@H](CCCN=C(N)N)C(=O)NC(CC(C)(C)C)C(=O)N[C@@H](CC(C)C)C(=O)N[C@@H](CCC(N)=O)C(N)=O. The maximum atomic E-state index is 14.4. The highest BCUT2D eigenvalue weighted by atomic mass is 16.2. The molecule has 29 heteroatoms. The van der Waals surface area contributed by atoms with Crippen LogP contribution in [-0.2, 0) is 54.4 Å². The van der Waals surface area contributed by atoms with Gasteiger partial charge < -0.3 is 87.7 Å². The summed E-state index contributed by atoms with van der Waals surface area (Å²) in [5.41, 5.74) is 38.7. The molecule has 23 N–H and O–H groups in total. The summed E-state index contributed by atoms with van der Waals surface area (Å²) < 4.78 is 0. The molecular formula is C52H95N19O10.